The number of aliphatic hydroxyl groups is 1. The number of aliphatic hydroxyl groups excluding tert-OH is 1. The van der Waals surface area contributed by atoms with Crippen LogP contribution in [-0.4, -0.2) is 17.6 Å². The van der Waals surface area contributed by atoms with Gasteiger partial charge in [-0.25, -0.2) is 4.39 Å². The number of amides is 1. The van der Waals surface area contributed by atoms with Crippen molar-refractivity contribution in [3.05, 3.63) is 50.4 Å². The first-order chi connectivity index (χ1) is 10.0. The van der Waals surface area contributed by atoms with Crippen molar-refractivity contribution in [3.63, 3.8) is 0 Å². The number of benzene rings is 1. The highest BCUT2D eigenvalue weighted by Gasteiger charge is 2.14. The lowest BCUT2D eigenvalue weighted by atomic mass is 10.2. The van der Waals surface area contributed by atoms with E-state index in [1.54, 1.807) is 12.1 Å². The smallest absolute Gasteiger partial charge is 0.265 e. The number of rotatable bonds is 2. The van der Waals surface area contributed by atoms with Gasteiger partial charge in [-0.3, -0.25) is 4.79 Å². The highest BCUT2D eigenvalue weighted by Crippen LogP contribution is 2.25. The topological polar surface area (TPSA) is 49.3 Å². The second-order valence-electron chi connectivity index (χ2n) is 4.14. The highest BCUT2D eigenvalue weighted by atomic mass is 35.5. The minimum absolute atomic E-state index is 0.0292. The summed E-state index contributed by atoms with van der Waals surface area (Å²) in [5, 5.41) is 11.1. The van der Waals surface area contributed by atoms with Crippen LogP contribution in [0.3, 0.4) is 0 Å². The van der Waals surface area contributed by atoms with E-state index in [0.717, 1.165) is 5.56 Å². The van der Waals surface area contributed by atoms with Gasteiger partial charge in [0.15, 0.2) is 5.82 Å². The van der Waals surface area contributed by atoms with Gasteiger partial charge in [0.05, 0.1) is 20.5 Å². The van der Waals surface area contributed by atoms with Crippen molar-refractivity contribution in [2.75, 3.05) is 11.9 Å². The van der Waals surface area contributed by atoms with E-state index in [1.165, 1.54) is 23.5 Å². The van der Waals surface area contributed by atoms with Crippen LogP contribution in [0, 0.1) is 24.6 Å². The Labute approximate surface area is 130 Å². The van der Waals surface area contributed by atoms with Crippen LogP contribution in [0.15, 0.2) is 24.3 Å². The van der Waals surface area contributed by atoms with Crippen molar-refractivity contribution in [1.82, 2.24) is 0 Å². The van der Waals surface area contributed by atoms with Gasteiger partial charge < -0.3 is 10.4 Å². The van der Waals surface area contributed by atoms with Gasteiger partial charge in [0, 0.05) is 0 Å². The summed E-state index contributed by atoms with van der Waals surface area (Å²) in [5.74, 6) is 4.20. The Hall–Kier alpha value is -1.87. The molecule has 2 N–H and O–H groups in total. The van der Waals surface area contributed by atoms with Crippen LogP contribution in [0.1, 0.15) is 20.1 Å². The Kier molecular flexibility index (Phi) is 4.97. The third-order valence-corrected chi connectivity index (χ3v) is 4.07. The van der Waals surface area contributed by atoms with Crippen LogP contribution in [0.2, 0.25) is 5.02 Å². The average molecular weight is 324 g/mol. The fourth-order valence-corrected chi connectivity index (χ4v) is 2.74. The van der Waals surface area contributed by atoms with E-state index < -0.39 is 11.7 Å². The van der Waals surface area contributed by atoms with Gasteiger partial charge in [-0.05, 0) is 30.7 Å². The molecule has 2 aromatic rings. The van der Waals surface area contributed by atoms with Crippen molar-refractivity contribution >= 4 is 34.5 Å². The molecule has 1 amide bonds. The molecular weight excluding hydrogens is 313 g/mol. The van der Waals surface area contributed by atoms with Gasteiger partial charge in [0.1, 0.15) is 6.61 Å². The molecule has 1 heterocycles. The second-order valence-corrected chi connectivity index (χ2v) is 5.60. The minimum atomic E-state index is -0.666. The standard InChI is InChI=1S/C15H11ClFNO2S/c1-9-8-13(21-12(9)6-3-7-19)15(20)18-11-5-2-4-10(16)14(11)17/h2,4-5,8,19H,7H2,1H3,(H,18,20). The number of hydrogen-bond acceptors (Lipinski definition) is 3. The van der Waals surface area contributed by atoms with Crippen LogP contribution in [0.4, 0.5) is 10.1 Å². The first-order valence-electron chi connectivity index (χ1n) is 5.98. The molecule has 0 saturated carbocycles. The summed E-state index contributed by atoms with van der Waals surface area (Å²) >= 11 is 6.85. The summed E-state index contributed by atoms with van der Waals surface area (Å²) in [4.78, 5) is 13.2. The van der Waals surface area contributed by atoms with E-state index in [9.17, 15) is 9.18 Å². The monoisotopic (exact) mass is 323 g/mol. The number of carbonyl (C=O) groups excluding carboxylic acids is 1. The molecule has 0 radical (unpaired) electrons. The first-order valence-corrected chi connectivity index (χ1v) is 7.18. The zero-order valence-electron chi connectivity index (χ0n) is 11.0. The molecule has 0 atom stereocenters. The lowest BCUT2D eigenvalue weighted by Gasteiger charge is -2.05. The molecule has 0 aliphatic carbocycles. The Bertz CT molecular complexity index is 746. The van der Waals surface area contributed by atoms with E-state index >= 15 is 0 Å². The average Bonchev–Trinajstić information content (AvgIpc) is 2.83. The van der Waals surface area contributed by atoms with E-state index in [2.05, 4.69) is 17.2 Å². The van der Waals surface area contributed by atoms with Gasteiger partial charge in [-0.15, -0.1) is 11.3 Å². The first kappa shape index (κ1) is 15.5. The van der Waals surface area contributed by atoms with Crippen LogP contribution in [-0.2, 0) is 0 Å². The number of thiophene rings is 1. The molecule has 0 bridgehead atoms. The molecule has 3 nitrogen and oxygen atoms in total. The third kappa shape index (κ3) is 3.61. The molecule has 0 aliphatic rings. The molecular formula is C15H11ClFNO2S. The van der Waals surface area contributed by atoms with Crippen LogP contribution in [0.25, 0.3) is 0 Å². The van der Waals surface area contributed by atoms with Crippen LogP contribution < -0.4 is 5.32 Å². The van der Waals surface area contributed by atoms with Crippen molar-refractivity contribution in [3.8, 4) is 11.8 Å². The number of anilines is 1. The number of halogens is 2. The highest BCUT2D eigenvalue weighted by molar-refractivity contribution is 7.14. The van der Waals surface area contributed by atoms with Gasteiger partial charge >= 0.3 is 0 Å². The maximum Gasteiger partial charge on any atom is 0.265 e. The molecule has 1 aromatic heterocycles. The number of aryl methyl sites for hydroxylation is 1. The molecule has 0 aliphatic heterocycles. The fraction of sp³-hybridized carbons (Fsp3) is 0.133. The third-order valence-electron chi connectivity index (χ3n) is 2.62. The van der Waals surface area contributed by atoms with Gasteiger partial charge in [0.2, 0.25) is 0 Å². The molecule has 0 spiro atoms. The predicted octanol–water partition coefficient (Wildman–Crippen LogP) is 3.45. The molecule has 1 aromatic carbocycles. The summed E-state index contributed by atoms with van der Waals surface area (Å²) in [6.45, 7) is 1.57. The number of hydrogen-bond donors (Lipinski definition) is 2. The van der Waals surface area contributed by atoms with Crippen molar-refractivity contribution in [1.29, 1.82) is 0 Å². The summed E-state index contributed by atoms with van der Waals surface area (Å²) < 4.78 is 13.7. The van der Waals surface area contributed by atoms with Crippen LogP contribution >= 0.6 is 22.9 Å². The Morgan fingerprint density at radius 1 is 1.52 bits per heavy atom. The van der Waals surface area contributed by atoms with Gasteiger partial charge in [0.25, 0.3) is 5.91 Å². The van der Waals surface area contributed by atoms with E-state index in [0.29, 0.717) is 9.75 Å². The van der Waals surface area contributed by atoms with Crippen LogP contribution in [0.5, 0.6) is 0 Å². The number of nitrogens with one attached hydrogen (secondary N) is 1. The van der Waals surface area contributed by atoms with Crippen molar-refractivity contribution < 1.29 is 14.3 Å². The summed E-state index contributed by atoms with van der Waals surface area (Å²) in [5.41, 5.74) is 0.860. The lowest BCUT2D eigenvalue weighted by Crippen LogP contribution is -2.11. The van der Waals surface area contributed by atoms with Crippen molar-refractivity contribution in [2.24, 2.45) is 0 Å². The Balaban J connectivity index is 2.23. The zero-order valence-corrected chi connectivity index (χ0v) is 12.6. The second kappa shape index (κ2) is 6.72. The molecule has 0 saturated heterocycles. The maximum atomic E-state index is 13.7. The molecule has 0 fully saturated rings. The Morgan fingerprint density at radius 3 is 3.00 bits per heavy atom. The maximum absolute atomic E-state index is 13.7. The van der Waals surface area contributed by atoms with Gasteiger partial charge in [-0.1, -0.05) is 29.5 Å². The molecule has 6 heteroatoms. The lowest BCUT2D eigenvalue weighted by molar-refractivity contribution is 0.103. The largest absolute Gasteiger partial charge is 0.384 e. The zero-order chi connectivity index (χ0) is 15.4. The SMILES string of the molecule is Cc1cc(C(=O)Nc2cccc(Cl)c2F)sc1C#CCO. The molecule has 108 valence electrons. The summed E-state index contributed by atoms with van der Waals surface area (Å²) in [6.07, 6.45) is 0. The van der Waals surface area contributed by atoms with Crippen molar-refractivity contribution in [2.45, 2.75) is 6.92 Å². The molecule has 2 rings (SSSR count). The minimum Gasteiger partial charge on any atom is -0.384 e. The normalized spacial score (nSPS) is 9.90. The fourth-order valence-electron chi connectivity index (χ4n) is 1.62. The number of carbonyl (C=O) groups is 1. The molecule has 0 unspecified atom stereocenters. The molecule has 21 heavy (non-hydrogen) atoms. The Morgan fingerprint density at radius 2 is 2.29 bits per heavy atom. The summed E-state index contributed by atoms with van der Waals surface area (Å²) in [7, 11) is 0. The van der Waals surface area contributed by atoms with E-state index in [4.69, 9.17) is 16.7 Å². The predicted molar refractivity (Wildman–Crippen MR) is 82.4 cm³/mol. The van der Waals surface area contributed by atoms with Gasteiger partial charge in [-0.2, -0.15) is 0 Å². The quantitative estimate of drug-likeness (QED) is 0.832. The summed E-state index contributed by atoms with van der Waals surface area (Å²) in [6, 6.07) is 6.07. The van der Waals surface area contributed by atoms with E-state index in [1.807, 2.05) is 6.92 Å². The van der Waals surface area contributed by atoms with E-state index in [-0.39, 0.29) is 17.3 Å².